The quantitative estimate of drug-likeness (QED) is 0.269. The maximum Gasteiger partial charge on any atom is 0.275 e. The molecule has 0 saturated heterocycles. The maximum atomic E-state index is 14.1. The number of carbonyl (C=O) groups is 1. The largest absolute Gasteiger partial charge is 0.872 e. The molecule has 2 heterocycles. The van der Waals surface area contributed by atoms with E-state index in [2.05, 4.69) is 10.2 Å². The average molecular weight is 553 g/mol. The first-order valence-corrected chi connectivity index (χ1v) is 13.2. The van der Waals surface area contributed by atoms with E-state index < -0.39 is 34.0 Å². The zero-order chi connectivity index (χ0) is 29.7. The van der Waals surface area contributed by atoms with Crippen molar-refractivity contribution in [3.63, 3.8) is 0 Å². The summed E-state index contributed by atoms with van der Waals surface area (Å²) in [4.78, 5) is 39.2. The highest BCUT2D eigenvalue weighted by molar-refractivity contribution is 6.15. The Bertz CT molecular complexity index is 1820. The third kappa shape index (κ3) is 4.71. The number of benzene rings is 3. The van der Waals surface area contributed by atoms with Crippen molar-refractivity contribution in [1.29, 1.82) is 0 Å². The number of nitro benzene ring substituents is 1. The second-order valence-corrected chi connectivity index (χ2v) is 10.7. The summed E-state index contributed by atoms with van der Waals surface area (Å²) in [6.07, 6.45) is 0. The normalized spacial score (nSPS) is 15.8. The van der Waals surface area contributed by atoms with E-state index >= 15 is 0 Å². The lowest BCUT2D eigenvalue weighted by Crippen LogP contribution is -2.34. The topological polar surface area (TPSA) is 137 Å². The second kappa shape index (κ2) is 10.2. The highest BCUT2D eigenvalue weighted by atomic mass is 16.6. The van der Waals surface area contributed by atoms with Gasteiger partial charge in [0.1, 0.15) is 0 Å². The van der Waals surface area contributed by atoms with Crippen LogP contribution in [0.3, 0.4) is 0 Å². The van der Waals surface area contributed by atoms with Gasteiger partial charge >= 0.3 is 0 Å². The summed E-state index contributed by atoms with van der Waals surface area (Å²) < 4.78 is 1.37. The molecule has 0 radical (unpaired) electrons. The molecule has 41 heavy (non-hydrogen) atoms. The van der Waals surface area contributed by atoms with E-state index in [1.54, 1.807) is 26.0 Å². The summed E-state index contributed by atoms with van der Waals surface area (Å²) in [5, 5.41) is 33.9. The summed E-state index contributed by atoms with van der Waals surface area (Å²) >= 11 is 0. The molecule has 0 aliphatic carbocycles. The number of nitro groups is 1. The van der Waals surface area contributed by atoms with Crippen LogP contribution in [0.1, 0.15) is 51.9 Å². The van der Waals surface area contributed by atoms with Gasteiger partial charge in [-0.25, -0.2) is 9.69 Å². The summed E-state index contributed by atoms with van der Waals surface area (Å²) in [6.45, 7) is 11.2. The van der Waals surface area contributed by atoms with E-state index in [0.29, 0.717) is 22.8 Å². The summed E-state index contributed by atoms with van der Waals surface area (Å²) in [7, 11) is 0. The Morgan fingerprint density at radius 1 is 0.854 bits per heavy atom. The van der Waals surface area contributed by atoms with Crippen LogP contribution in [0.4, 0.5) is 11.4 Å². The van der Waals surface area contributed by atoms with Crippen molar-refractivity contribution in [2.75, 3.05) is 5.01 Å². The molecule has 210 valence electrons. The van der Waals surface area contributed by atoms with Crippen molar-refractivity contribution < 1.29 is 14.8 Å². The van der Waals surface area contributed by atoms with Crippen LogP contribution in [0.25, 0.3) is 5.69 Å². The molecular weight excluding hydrogens is 522 g/mol. The zero-order valence-corrected chi connectivity index (χ0v) is 23.7. The van der Waals surface area contributed by atoms with Gasteiger partial charge in [0, 0.05) is 35.0 Å². The molecule has 1 aliphatic rings. The van der Waals surface area contributed by atoms with Crippen molar-refractivity contribution >= 4 is 23.0 Å². The molecule has 0 saturated carbocycles. The Balaban J connectivity index is 1.72. The Labute approximate surface area is 236 Å². The van der Waals surface area contributed by atoms with Crippen LogP contribution in [-0.2, 0) is 4.79 Å². The van der Waals surface area contributed by atoms with E-state index in [9.17, 15) is 24.8 Å². The van der Waals surface area contributed by atoms with Crippen molar-refractivity contribution in [2.45, 2.75) is 47.5 Å². The van der Waals surface area contributed by atoms with Gasteiger partial charge in [-0.3, -0.25) is 24.8 Å². The van der Waals surface area contributed by atoms with Crippen molar-refractivity contribution in [3.05, 3.63) is 114 Å². The lowest BCUT2D eigenvalue weighted by molar-refractivity contribution is -0.385. The molecule has 0 unspecified atom stereocenters. The van der Waals surface area contributed by atoms with E-state index in [-0.39, 0.29) is 16.8 Å². The second-order valence-electron chi connectivity index (χ2n) is 10.7. The lowest BCUT2D eigenvalue weighted by atomic mass is 9.78. The van der Waals surface area contributed by atoms with E-state index in [1.807, 2.05) is 52.0 Å². The summed E-state index contributed by atoms with van der Waals surface area (Å²) in [5.74, 6) is -3.10. The Kier molecular flexibility index (Phi) is 6.86. The smallest absolute Gasteiger partial charge is 0.275 e. The van der Waals surface area contributed by atoms with Crippen LogP contribution < -0.4 is 15.7 Å². The SMILES string of the molecule is CC1=NN(c2ccc(C)c(C)c2)C(=O)[C@H]1[C@H](c1cc([N+](=O)[O-])ccc1[O-])c1c(C)[nH]n(-c2ccc(C)c(C)c2)c1=O. The van der Waals surface area contributed by atoms with Gasteiger partial charge in [-0.1, -0.05) is 18.2 Å². The number of carbonyl (C=O) groups excluding carboxylic acids is 1. The van der Waals surface area contributed by atoms with Gasteiger partial charge in [-0.2, -0.15) is 5.10 Å². The fraction of sp³-hybridized carbons (Fsp3) is 0.258. The first kappa shape index (κ1) is 27.6. The number of hydrogen-bond acceptors (Lipinski definition) is 6. The highest BCUT2D eigenvalue weighted by Crippen LogP contribution is 2.42. The Hall–Kier alpha value is -4.99. The molecular formula is C31H30N5O5-. The molecule has 1 aliphatic heterocycles. The Morgan fingerprint density at radius 2 is 1.46 bits per heavy atom. The minimum atomic E-state index is -1.12. The summed E-state index contributed by atoms with van der Waals surface area (Å²) in [6, 6.07) is 14.5. The molecule has 1 amide bonds. The predicted molar refractivity (Wildman–Crippen MR) is 155 cm³/mol. The van der Waals surface area contributed by atoms with Gasteiger partial charge in [-0.05, 0) is 93.6 Å². The first-order valence-electron chi connectivity index (χ1n) is 13.2. The van der Waals surface area contributed by atoms with Gasteiger partial charge in [0.25, 0.3) is 17.2 Å². The van der Waals surface area contributed by atoms with Crippen LogP contribution in [0.2, 0.25) is 0 Å². The van der Waals surface area contributed by atoms with Gasteiger partial charge in [0.15, 0.2) is 0 Å². The fourth-order valence-electron chi connectivity index (χ4n) is 5.37. The van der Waals surface area contributed by atoms with Gasteiger partial charge in [-0.15, -0.1) is 5.75 Å². The predicted octanol–water partition coefficient (Wildman–Crippen LogP) is 4.86. The highest BCUT2D eigenvalue weighted by Gasteiger charge is 2.44. The third-order valence-corrected chi connectivity index (χ3v) is 7.97. The number of aromatic nitrogens is 2. The monoisotopic (exact) mass is 552 g/mol. The fourth-order valence-corrected chi connectivity index (χ4v) is 5.37. The molecule has 2 atom stereocenters. The van der Waals surface area contributed by atoms with Crippen molar-refractivity contribution in [2.24, 2.45) is 11.0 Å². The average Bonchev–Trinajstić information content (AvgIpc) is 3.38. The number of H-pyrrole nitrogens is 1. The number of nitrogens with one attached hydrogen (secondary N) is 1. The van der Waals surface area contributed by atoms with E-state index in [0.717, 1.165) is 34.4 Å². The lowest BCUT2D eigenvalue weighted by Gasteiger charge is -2.27. The molecule has 0 spiro atoms. The molecule has 3 aromatic carbocycles. The molecule has 0 fully saturated rings. The number of non-ortho nitro benzene ring substituents is 1. The van der Waals surface area contributed by atoms with Gasteiger partial charge < -0.3 is 5.11 Å². The van der Waals surface area contributed by atoms with Gasteiger partial charge in [0.05, 0.1) is 22.2 Å². The standard InChI is InChI=1S/C31H31N5O5/c1-16-7-9-22(13-18(16)3)34-30(38)27(20(5)32-34)29(25-15-24(36(40)41)11-12-26(25)37)28-21(6)33-35(31(28)39)23-10-8-17(2)19(4)14-23/h7-15,27,29,33,37H,1-6H3/p-1/t27-,29+/m1/s1. The van der Waals surface area contributed by atoms with Gasteiger partial charge in [0.2, 0.25) is 0 Å². The molecule has 4 aromatic rings. The van der Waals surface area contributed by atoms with E-state index in [4.69, 9.17) is 0 Å². The third-order valence-electron chi connectivity index (χ3n) is 7.97. The number of aryl methyl sites for hydroxylation is 5. The van der Waals surface area contributed by atoms with Crippen LogP contribution in [0.5, 0.6) is 5.75 Å². The molecule has 1 N–H and O–H groups in total. The number of hydrazone groups is 1. The Morgan fingerprint density at radius 3 is 2.07 bits per heavy atom. The molecule has 10 nitrogen and oxygen atoms in total. The van der Waals surface area contributed by atoms with Crippen LogP contribution in [-0.4, -0.2) is 26.3 Å². The first-order chi connectivity index (χ1) is 19.4. The van der Waals surface area contributed by atoms with Crippen molar-refractivity contribution in [1.82, 2.24) is 9.78 Å². The molecule has 5 rings (SSSR count). The zero-order valence-electron chi connectivity index (χ0n) is 23.7. The van der Waals surface area contributed by atoms with Crippen molar-refractivity contribution in [3.8, 4) is 11.4 Å². The van der Waals surface area contributed by atoms with E-state index in [1.165, 1.54) is 15.8 Å². The minimum Gasteiger partial charge on any atom is -0.872 e. The molecule has 1 aromatic heterocycles. The number of rotatable bonds is 6. The number of hydrogen-bond donors (Lipinski definition) is 1. The summed E-state index contributed by atoms with van der Waals surface area (Å²) in [5.41, 5.74) is 5.45. The number of anilines is 1. The number of aromatic amines is 1. The minimum absolute atomic E-state index is 0.0135. The van der Waals surface area contributed by atoms with Crippen LogP contribution in [0, 0.1) is 50.7 Å². The molecule has 0 bridgehead atoms. The maximum absolute atomic E-state index is 14.1. The number of amides is 1. The molecule has 10 heteroatoms. The van der Waals surface area contributed by atoms with Crippen LogP contribution in [0.15, 0.2) is 64.5 Å². The van der Waals surface area contributed by atoms with Crippen LogP contribution >= 0.6 is 0 Å². The number of nitrogens with zero attached hydrogens (tertiary/aromatic N) is 4.